The van der Waals surface area contributed by atoms with Crippen LogP contribution in [0.15, 0.2) is 62.1 Å². The summed E-state index contributed by atoms with van der Waals surface area (Å²) in [4.78, 5) is 37.6. The number of hydrogen-bond donors (Lipinski definition) is 2. The van der Waals surface area contributed by atoms with E-state index >= 15 is 0 Å². The Morgan fingerprint density at radius 2 is 1.91 bits per heavy atom. The molecule has 0 bridgehead atoms. The van der Waals surface area contributed by atoms with Crippen LogP contribution in [0.25, 0.3) is 0 Å². The zero-order valence-electron chi connectivity index (χ0n) is 18.5. The number of amides is 2. The molecule has 0 fully saturated rings. The molecule has 0 saturated carbocycles. The Bertz CT molecular complexity index is 1210. The van der Waals surface area contributed by atoms with Gasteiger partial charge in [-0.25, -0.2) is 18.0 Å². The first-order valence-corrected chi connectivity index (χ1v) is 11.9. The quantitative estimate of drug-likeness (QED) is 0.518. The number of nitrogens with one attached hydrogen (secondary N) is 2. The molecule has 1 aliphatic rings. The largest absolute Gasteiger partial charge is 0.467 e. The molecule has 11 nitrogen and oxygen atoms in total. The molecule has 2 N–H and O–H groups in total. The molecule has 178 valence electrons. The molecule has 12 heteroatoms. The van der Waals surface area contributed by atoms with E-state index in [1.54, 1.807) is 32.9 Å². The van der Waals surface area contributed by atoms with Gasteiger partial charge in [-0.2, -0.15) is 4.31 Å². The number of aromatic nitrogens is 1. The van der Waals surface area contributed by atoms with E-state index in [0.717, 1.165) is 10.6 Å². The summed E-state index contributed by atoms with van der Waals surface area (Å²) in [6, 6.07) is 4.02. The van der Waals surface area contributed by atoms with Crippen LogP contribution in [0, 0.1) is 0 Å². The number of sulfonamides is 1. The van der Waals surface area contributed by atoms with E-state index in [0.29, 0.717) is 5.76 Å². The Labute approximate surface area is 191 Å². The molecule has 1 atom stereocenters. The van der Waals surface area contributed by atoms with Crippen LogP contribution >= 0.6 is 0 Å². The molecule has 0 unspecified atom stereocenters. The number of furan rings is 1. The summed E-state index contributed by atoms with van der Waals surface area (Å²) in [5, 5.41) is 5.16. The van der Waals surface area contributed by atoms with Crippen LogP contribution in [0.2, 0.25) is 0 Å². The number of carbonyl (C=O) groups is 2. The number of pyridine rings is 1. The number of ether oxygens (including phenoxy) is 1. The molecular formula is C21H26N4O7S. The summed E-state index contributed by atoms with van der Waals surface area (Å²) in [5.41, 5.74) is -0.361. The van der Waals surface area contributed by atoms with Gasteiger partial charge in [0.1, 0.15) is 11.8 Å². The fraction of sp³-hybridized carbons (Fsp3) is 0.381. The highest BCUT2D eigenvalue weighted by atomic mass is 32.2. The van der Waals surface area contributed by atoms with Crippen molar-refractivity contribution in [2.75, 3.05) is 19.7 Å². The highest BCUT2D eigenvalue weighted by Gasteiger charge is 2.35. The van der Waals surface area contributed by atoms with Crippen LogP contribution in [0.4, 0.5) is 4.79 Å². The average molecular weight is 479 g/mol. The molecule has 3 heterocycles. The van der Waals surface area contributed by atoms with Crippen molar-refractivity contribution < 1.29 is 27.2 Å². The highest BCUT2D eigenvalue weighted by Crippen LogP contribution is 2.28. The summed E-state index contributed by atoms with van der Waals surface area (Å²) in [6.07, 6.45) is 2.60. The smallest absolute Gasteiger partial charge is 0.338 e. The maximum Gasteiger partial charge on any atom is 0.338 e. The number of urea groups is 1. The molecule has 1 aliphatic heterocycles. The summed E-state index contributed by atoms with van der Waals surface area (Å²) in [5.74, 6) is -0.406. The van der Waals surface area contributed by atoms with E-state index < -0.39 is 33.6 Å². The predicted octanol–water partition coefficient (Wildman–Crippen LogP) is 1.34. The fourth-order valence-corrected chi connectivity index (χ4v) is 5.01. The molecule has 2 aromatic rings. The number of hydrogen-bond acceptors (Lipinski definition) is 7. The molecular weight excluding hydrogens is 452 g/mol. The molecule has 33 heavy (non-hydrogen) atoms. The fourth-order valence-electron chi connectivity index (χ4n) is 3.53. The Kier molecular flexibility index (Phi) is 7.39. The van der Waals surface area contributed by atoms with Crippen LogP contribution in [0.3, 0.4) is 0 Å². The van der Waals surface area contributed by atoms with Crippen molar-refractivity contribution in [2.24, 2.45) is 0 Å². The minimum absolute atomic E-state index is 0.0512. The van der Waals surface area contributed by atoms with E-state index in [2.05, 4.69) is 10.6 Å². The van der Waals surface area contributed by atoms with Crippen LogP contribution in [-0.2, 0) is 26.1 Å². The molecule has 0 spiro atoms. The van der Waals surface area contributed by atoms with Gasteiger partial charge in [0.25, 0.3) is 5.56 Å². The summed E-state index contributed by atoms with van der Waals surface area (Å²) >= 11 is 0. The maximum absolute atomic E-state index is 12.9. The van der Waals surface area contributed by atoms with Crippen LogP contribution < -0.4 is 16.2 Å². The van der Waals surface area contributed by atoms with E-state index in [9.17, 15) is 22.8 Å². The number of carbonyl (C=O) groups excluding carboxylic acids is 2. The average Bonchev–Trinajstić information content (AvgIpc) is 3.30. The molecule has 3 rings (SSSR count). The highest BCUT2D eigenvalue weighted by molar-refractivity contribution is 7.89. The van der Waals surface area contributed by atoms with Crippen molar-refractivity contribution in [3.8, 4) is 0 Å². The van der Waals surface area contributed by atoms with Crippen molar-refractivity contribution >= 4 is 22.0 Å². The standard InChI is InChI=1S/C21H26N4O7S/c1-4-25(5-2)33(29,30)14-9-10-17(26)24(12-14)13-15-18(20(27)31-6-3)19(23-21(28)22-15)16-8-7-11-32-16/h7-12,19H,4-6,13H2,1-3H3,(H2,22,23,28)/t19-/m1/s1. The third-order valence-corrected chi connectivity index (χ3v) is 7.14. The van der Waals surface area contributed by atoms with Gasteiger partial charge in [-0.05, 0) is 25.1 Å². The lowest BCUT2D eigenvalue weighted by Crippen LogP contribution is -2.47. The van der Waals surface area contributed by atoms with Gasteiger partial charge in [0, 0.05) is 25.4 Å². The van der Waals surface area contributed by atoms with Crippen molar-refractivity contribution in [1.82, 2.24) is 19.5 Å². The predicted molar refractivity (Wildman–Crippen MR) is 118 cm³/mol. The van der Waals surface area contributed by atoms with Gasteiger partial charge in [-0.1, -0.05) is 13.8 Å². The normalized spacial score (nSPS) is 16.5. The Morgan fingerprint density at radius 1 is 1.18 bits per heavy atom. The molecule has 0 aromatic carbocycles. The topological polar surface area (TPSA) is 140 Å². The monoisotopic (exact) mass is 478 g/mol. The Morgan fingerprint density at radius 3 is 2.52 bits per heavy atom. The van der Waals surface area contributed by atoms with Gasteiger partial charge < -0.3 is 24.4 Å². The second-order valence-electron chi connectivity index (χ2n) is 7.08. The number of nitrogens with zero attached hydrogens (tertiary/aromatic N) is 2. The zero-order valence-corrected chi connectivity index (χ0v) is 19.3. The van der Waals surface area contributed by atoms with Crippen molar-refractivity contribution in [3.63, 3.8) is 0 Å². The second-order valence-corrected chi connectivity index (χ2v) is 9.02. The number of allylic oxidation sites excluding steroid dienone is 1. The summed E-state index contributed by atoms with van der Waals surface area (Å²) in [6.45, 7) is 5.43. The number of rotatable bonds is 9. The first kappa shape index (κ1) is 24.3. The lowest BCUT2D eigenvalue weighted by atomic mass is 10.00. The SMILES string of the molecule is CCOC(=O)C1=C(Cn2cc(S(=O)(=O)N(CC)CC)ccc2=O)NC(=O)N[C@@H]1c1ccco1. The first-order valence-electron chi connectivity index (χ1n) is 10.4. The molecule has 2 aromatic heterocycles. The van der Waals surface area contributed by atoms with E-state index in [-0.39, 0.29) is 42.4 Å². The van der Waals surface area contributed by atoms with Crippen molar-refractivity contribution in [1.29, 1.82) is 0 Å². The third kappa shape index (κ3) is 5.01. The zero-order chi connectivity index (χ0) is 24.2. The van der Waals surface area contributed by atoms with Gasteiger partial charge in [0.05, 0.1) is 35.6 Å². The van der Waals surface area contributed by atoms with E-state index in [1.165, 1.54) is 22.8 Å². The number of esters is 1. The van der Waals surface area contributed by atoms with Gasteiger partial charge in [0.15, 0.2) is 0 Å². The lowest BCUT2D eigenvalue weighted by Gasteiger charge is -2.28. The molecule has 0 radical (unpaired) electrons. The van der Waals surface area contributed by atoms with Crippen LogP contribution in [-0.4, -0.2) is 49.0 Å². The molecule has 0 aliphatic carbocycles. The minimum Gasteiger partial charge on any atom is -0.467 e. The second kappa shape index (κ2) is 10.0. The third-order valence-electron chi connectivity index (χ3n) is 5.10. The molecule has 0 saturated heterocycles. The van der Waals surface area contributed by atoms with Gasteiger partial charge in [-0.3, -0.25) is 4.79 Å². The summed E-state index contributed by atoms with van der Waals surface area (Å²) < 4.78 is 38.7. The molecule has 2 amide bonds. The van der Waals surface area contributed by atoms with Crippen LogP contribution in [0.5, 0.6) is 0 Å². The van der Waals surface area contributed by atoms with E-state index in [4.69, 9.17) is 9.15 Å². The lowest BCUT2D eigenvalue weighted by molar-refractivity contribution is -0.139. The minimum atomic E-state index is -3.83. The van der Waals surface area contributed by atoms with Gasteiger partial charge in [0.2, 0.25) is 10.0 Å². The van der Waals surface area contributed by atoms with Gasteiger partial charge in [-0.15, -0.1) is 0 Å². The van der Waals surface area contributed by atoms with E-state index in [1.807, 2.05) is 0 Å². The summed E-state index contributed by atoms with van der Waals surface area (Å²) in [7, 11) is -3.83. The van der Waals surface area contributed by atoms with Gasteiger partial charge >= 0.3 is 12.0 Å². The maximum atomic E-state index is 12.9. The Balaban J connectivity index is 2.10. The van der Waals surface area contributed by atoms with Crippen molar-refractivity contribution in [2.45, 2.75) is 38.3 Å². The van der Waals surface area contributed by atoms with Crippen LogP contribution in [0.1, 0.15) is 32.6 Å². The Hall–Kier alpha value is -3.38. The first-order chi connectivity index (χ1) is 15.7. The van der Waals surface area contributed by atoms with Crippen molar-refractivity contribution in [3.05, 3.63) is 64.1 Å².